The minimum atomic E-state index is -0.668. The Balaban J connectivity index is 1.03. The van der Waals surface area contributed by atoms with E-state index in [2.05, 4.69) is 20.1 Å². The van der Waals surface area contributed by atoms with Gasteiger partial charge in [0, 0.05) is 75.2 Å². The maximum absolute atomic E-state index is 15.7. The molecule has 5 heterocycles. The molecule has 1 aromatic heterocycles. The van der Waals surface area contributed by atoms with Crippen LogP contribution in [0.25, 0.3) is 10.9 Å². The van der Waals surface area contributed by atoms with Crippen LogP contribution in [-0.2, 0) is 32.2 Å². The number of hydrogen-bond donors (Lipinski definition) is 1. The molecule has 4 aliphatic heterocycles. The van der Waals surface area contributed by atoms with E-state index in [1.807, 2.05) is 24.3 Å². The molecule has 3 amide bonds. The van der Waals surface area contributed by atoms with E-state index in [0.29, 0.717) is 68.3 Å². The first-order chi connectivity index (χ1) is 21.9. The van der Waals surface area contributed by atoms with Gasteiger partial charge in [-0.05, 0) is 36.2 Å². The van der Waals surface area contributed by atoms with Crippen molar-refractivity contribution in [1.82, 2.24) is 20.1 Å². The summed E-state index contributed by atoms with van der Waals surface area (Å²) in [6.45, 7) is 5.35. The number of halogens is 1. The van der Waals surface area contributed by atoms with E-state index < -0.39 is 11.9 Å². The molecule has 12 heteroatoms. The zero-order valence-corrected chi connectivity index (χ0v) is 25.2. The van der Waals surface area contributed by atoms with Crippen LogP contribution in [0.4, 0.5) is 10.1 Å². The van der Waals surface area contributed by atoms with E-state index in [1.54, 1.807) is 25.4 Å². The summed E-state index contributed by atoms with van der Waals surface area (Å²) in [4.78, 5) is 47.5. The summed E-state index contributed by atoms with van der Waals surface area (Å²) in [6, 6.07) is 10.5. The lowest BCUT2D eigenvalue weighted by molar-refractivity contribution is -0.136. The Bertz CT molecular complexity index is 1650. The number of morpholine rings is 1. The molecule has 0 radical (unpaired) electrons. The quantitative estimate of drug-likeness (QED) is 0.381. The van der Waals surface area contributed by atoms with Crippen LogP contribution in [0.15, 0.2) is 42.6 Å². The Morgan fingerprint density at radius 3 is 2.73 bits per heavy atom. The number of hydrogen-bond acceptors (Lipinski definition) is 9. The maximum atomic E-state index is 15.7. The molecule has 0 unspecified atom stereocenters. The third-order valence-electron chi connectivity index (χ3n) is 9.25. The highest BCUT2D eigenvalue weighted by Gasteiger charge is 2.40. The molecule has 3 aromatic rings. The van der Waals surface area contributed by atoms with Crippen LogP contribution in [0.2, 0.25) is 0 Å². The highest BCUT2D eigenvalue weighted by atomic mass is 19.1. The van der Waals surface area contributed by atoms with Gasteiger partial charge in [0.05, 0.1) is 31.7 Å². The third kappa shape index (κ3) is 5.85. The summed E-state index contributed by atoms with van der Waals surface area (Å²) in [7, 11) is 1.66. The van der Waals surface area contributed by atoms with Gasteiger partial charge in [-0.15, -0.1) is 0 Å². The molecule has 0 saturated carbocycles. The number of aromatic nitrogens is 1. The van der Waals surface area contributed by atoms with Gasteiger partial charge in [-0.25, -0.2) is 4.39 Å². The number of nitrogens with one attached hydrogen (secondary N) is 1. The minimum Gasteiger partial charge on any atom is -0.489 e. The van der Waals surface area contributed by atoms with Crippen molar-refractivity contribution < 1.29 is 33.0 Å². The second kappa shape index (κ2) is 12.3. The smallest absolute Gasteiger partial charge is 0.255 e. The Morgan fingerprint density at radius 1 is 1.09 bits per heavy atom. The zero-order chi connectivity index (χ0) is 31.1. The van der Waals surface area contributed by atoms with E-state index in [1.165, 1.54) is 4.90 Å². The summed E-state index contributed by atoms with van der Waals surface area (Å²) in [5.41, 5.74) is 3.23. The molecule has 0 spiro atoms. The van der Waals surface area contributed by atoms with E-state index in [4.69, 9.17) is 14.2 Å². The second-order valence-electron chi connectivity index (χ2n) is 12.2. The van der Waals surface area contributed by atoms with Crippen molar-refractivity contribution in [2.45, 2.75) is 38.1 Å². The van der Waals surface area contributed by atoms with Gasteiger partial charge in [0.1, 0.15) is 23.4 Å². The molecule has 7 rings (SSSR count). The summed E-state index contributed by atoms with van der Waals surface area (Å²) in [6.07, 6.45) is 2.06. The monoisotopic (exact) mass is 617 g/mol. The average Bonchev–Trinajstić information content (AvgIpc) is 3.57. The number of amides is 3. The van der Waals surface area contributed by atoms with Gasteiger partial charge in [-0.1, -0.05) is 12.1 Å². The van der Waals surface area contributed by atoms with Gasteiger partial charge in [-0.3, -0.25) is 29.6 Å². The van der Waals surface area contributed by atoms with Gasteiger partial charge >= 0.3 is 0 Å². The Morgan fingerprint density at radius 2 is 1.93 bits per heavy atom. The topological polar surface area (TPSA) is 114 Å². The van der Waals surface area contributed by atoms with Crippen LogP contribution >= 0.6 is 0 Å². The SMILES string of the molecule is COC[C@@H]1CN(Cc2ccc3cc(N4CCOCC4)cnc3c2F)C[C@H]1Oc1ccc2c(c1)CN([C@H]1CCC(=O)NC1=O)C2=O. The first-order valence-electron chi connectivity index (χ1n) is 15.4. The number of rotatable bonds is 8. The van der Waals surface area contributed by atoms with Crippen LogP contribution < -0.4 is 15.0 Å². The fourth-order valence-electron chi connectivity index (χ4n) is 6.92. The van der Waals surface area contributed by atoms with Crippen molar-refractivity contribution in [3.8, 4) is 5.75 Å². The molecule has 3 saturated heterocycles. The van der Waals surface area contributed by atoms with Gasteiger partial charge in [-0.2, -0.15) is 0 Å². The van der Waals surface area contributed by atoms with E-state index in [9.17, 15) is 14.4 Å². The number of nitrogens with zero attached hydrogens (tertiary/aromatic N) is 4. The third-order valence-corrected chi connectivity index (χ3v) is 9.25. The first kappa shape index (κ1) is 29.6. The average molecular weight is 618 g/mol. The van der Waals surface area contributed by atoms with Gasteiger partial charge in [0.15, 0.2) is 5.82 Å². The lowest BCUT2D eigenvalue weighted by atomic mass is 10.0. The van der Waals surface area contributed by atoms with Crippen molar-refractivity contribution in [1.29, 1.82) is 0 Å². The molecule has 0 aliphatic carbocycles. The Hall–Kier alpha value is -4.13. The number of piperidine rings is 1. The number of likely N-dealkylation sites (tertiary alicyclic amines) is 1. The number of pyridine rings is 1. The first-order valence-corrected chi connectivity index (χ1v) is 15.4. The fraction of sp³-hybridized carbons (Fsp3) is 0.455. The number of methoxy groups -OCH3 is 1. The number of anilines is 1. The van der Waals surface area contributed by atoms with Crippen LogP contribution in [0.5, 0.6) is 5.75 Å². The fourth-order valence-corrected chi connectivity index (χ4v) is 6.92. The molecular formula is C33H36FN5O6. The Kier molecular flexibility index (Phi) is 8.11. The number of benzene rings is 2. The summed E-state index contributed by atoms with van der Waals surface area (Å²) in [5, 5.41) is 3.10. The number of carbonyl (C=O) groups is 3. The number of imide groups is 1. The van der Waals surface area contributed by atoms with Crippen molar-refractivity contribution in [2.24, 2.45) is 5.92 Å². The van der Waals surface area contributed by atoms with Crippen LogP contribution in [0, 0.1) is 11.7 Å². The highest BCUT2D eigenvalue weighted by Crippen LogP contribution is 2.33. The Labute approximate surface area is 260 Å². The lowest BCUT2D eigenvalue weighted by Gasteiger charge is -2.29. The summed E-state index contributed by atoms with van der Waals surface area (Å²) in [5.74, 6) is -0.601. The van der Waals surface area contributed by atoms with E-state index in [0.717, 1.165) is 29.7 Å². The van der Waals surface area contributed by atoms with Crippen molar-refractivity contribution in [2.75, 3.05) is 58.0 Å². The van der Waals surface area contributed by atoms with Crippen molar-refractivity contribution in [3.05, 3.63) is 65.1 Å². The van der Waals surface area contributed by atoms with Crippen LogP contribution in [-0.4, -0.2) is 97.8 Å². The van der Waals surface area contributed by atoms with Crippen molar-refractivity contribution in [3.63, 3.8) is 0 Å². The number of fused-ring (bicyclic) bond motifs is 2. The molecule has 0 bridgehead atoms. The molecule has 3 fully saturated rings. The van der Waals surface area contributed by atoms with Crippen molar-refractivity contribution >= 4 is 34.3 Å². The molecule has 3 atom stereocenters. The predicted octanol–water partition coefficient (Wildman–Crippen LogP) is 2.50. The van der Waals surface area contributed by atoms with E-state index in [-0.39, 0.29) is 42.6 Å². The molecule has 236 valence electrons. The van der Waals surface area contributed by atoms with Crippen LogP contribution in [0.1, 0.15) is 34.3 Å². The van der Waals surface area contributed by atoms with Gasteiger partial charge in [0.2, 0.25) is 11.8 Å². The minimum absolute atomic E-state index is 0.0579. The highest BCUT2D eigenvalue weighted by molar-refractivity contribution is 6.05. The number of carbonyl (C=O) groups excluding carboxylic acids is 3. The molecule has 1 N–H and O–H groups in total. The van der Waals surface area contributed by atoms with Gasteiger partial charge in [0.25, 0.3) is 5.91 Å². The van der Waals surface area contributed by atoms with E-state index >= 15 is 4.39 Å². The normalized spacial score (nSPS) is 24.0. The predicted molar refractivity (Wildman–Crippen MR) is 162 cm³/mol. The second-order valence-corrected chi connectivity index (χ2v) is 12.2. The molecule has 11 nitrogen and oxygen atoms in total. The lowest BCUT2D eigenvalue weighted by Crippen LogP contribution is -2.52. The standard InChI is InChI=1S/C33H36FN5O6/c1-43-19-23-16-37(15-21-3-2-20-12-24(14-35-31(20)30(21)34)38-8-10-44-11-9-38)18-28(23)45-25-4-5-26-22(13-25)17-39(33(26)42)27-6-7-29(40)36-32(27)41/h2-5,12-14,23,27-28H,6-11,15-19H2,1H3,(H,36,40,41)/t23-,27-,28+/m0/s1. The largest absolute Gasteiger partial charge is 0.489 e. The summed E-state index contributed by atoms with van der Waals surface area (Å²) < 4.78 is 33.1. The van der Waals surface area contributed by atoms with Crippen LogP contribution in [0.3, 0.4) is 0 Å². The number of ether oxygens (including phenoxy) is 3. The summed E-state index contributed by atoms with van der Waals surface area (Å²) >= 11 is 0. The maximum Gasteiger partial charge on any atom is 0.255 e. The molecule has 2 aromatic carbocycles. The molecular weight excluding hydrogens is 581 g/mol. The van der Waals surface area contributed by atoms with Gasteiger partial charge < -0.3 is 24.0 Å². The molecule has 45 heavy (non-hydrogen) atoms. The molecule has 4 aliphatic rings. The zero-order valence-electron chi connectivity index (χ0n) is 25.2.